The lowest BCUT2D eigenvalue weighted by Gasteiger charge is -2.36. The van der Waals surface area contributed by atoms with Gasteiger partial charge in [-0.2, -0.15) is 5.10 Å². The number of rotatable bonds is 6. The second-order valence-corrected chi connectivity index (χ2v) is 7.98. The number of hydrogen-bond acceptors (Lipinski definition) is 6. The first-order valence-electron chi connectivity index (χ1n) is 10.4. The zero-order valence-electron chi connectivity index (χ0n) is 16.8. The number of aromatic amines is 1. The molecule has 1 saturated heterocycles. The molecule has 0 spiro atoms. The highest BCUT2D eigenvalue weighted by Crippen LogP contribution is 2.18. The molecule has 9 nitrogen and oxygen atoms in total. The Morgan fingerprint density at radius 2 is 1.97 bits per heavy atom. The Bertz CT molecular complexity index is 1020. The van der Waals surface area contributed by atoms with Crippen molar-refractivity contribution in [1.29, 1.82) is 0 Å². The number of anilines is 1. The van der Waals surface area contributed by atoms with Crippen LogP contribution >= 0.6 is 0 Å². The summed E-state index contributed by atoms with van der Waals surface area (Å²) in [6, 6.07) is 3.43. The van der Waals surface area contributed by atoms with Crippen molar-refractivity contribution in [1.82, 2.24) is 24.2 Å². The third-order valence-electron chi connectivity index (χ3n) is 6.04. The average molecular weight is 400 g/mol. The van der Waals surface area contributed by atoms with Gasteiger partial charge in [-0.3, -0.25) is 24.0 Å². The molecule has 0 saturated carbocycles. The summed E-state index contributed by atoms with van der Waals surface area (Å²) >= 11 is 0. The molecule has 0 aromatic carbocycles. The molecule has 2 aliphatic rings. The molecule has 1 atom stereocenters. The van der Waals surface area contributed by atoms with Gasteiger partial charge < -0.3 is 5.32 Å². The van der Waals surface area contributed by atoms with Crippen molar-refractivity contribution >= 4 is 5.82 Å². The molecule has 1 unspecified atom stereocenters. The summed E-state index contributed by atoms with van der Waals surface area (Å²) < 4.78 is 2.64. The molecule has 2 aromatic heterocycles. The van der Waals surface area contributed by atoms with Crippen molar-refractivity contribution in [2.45, 2.75) is 51.1 Å². The number of aromatic nitrogens is 4. The zero-order valence-corrected chi connectivity index (χ0v) is 16.8. The predicted octanol–water partition coefficient (Wildman–Crippen LogP) is 0.0856. The molecule has 0 radical (unpaired) electrons. The quantitative estimate of drug-likeness (QED) is 0.712. The van der Waals surface area contributed by atoms with E-state index in [1.807, 2.05) is 0 Å². The Hall–Kier alpha value is -2.68. The first kappa shape index (κ1) is 19.6. The highest BCUT2D eigenvalue weighted by Gasteiger charge is 2.23. The smallest absolute Gasteiger partial charge is 0.329 e. The fraction of sp³-hybridized carbons (Fsp3) is 0.600. The van der Waals surface area contributed by atoms with Gasteiger partial charge in [-0.15, -0.1) is 0 Å². The van der Waals surface area contributed by atoms with Gasteiger partial charge in [-0.05, 0) is 44.2 Å². The maximum absolute atomic E-state index is 12.3. The van der Waals surface area contributed by atoms with Crippen LogP contribution in [0.3, 0.4) is 0 Å². The number of aryl methyl sites for hydroxylation is 2. The maximum atomic E-state index is 12.3. The standard InChI is InChI=1S/C20H28N6O3/c1-24-18(27)12-17(22-20(24)29)21-13-15-6-2-3-8-25(15)9-10-26-19(28)11-14-5-4-7-16(14)23-26/h11-12,15,21H,2-10,13H2,1H3,(H,22,29). The van der Waals surface area contributed by atoms with Crippen molar-refractivity contribution in [3.63, 3.8) is 0 Å². The van der Waals surface area contributed by atoms with Gasteiger partial charge in [0.25, 0.3) is 11.1 Å². The van der Waals surface area contributed by atoms with Crippen LogP contribution in [0.1, 0.15) is 36.9 Å². The molecule has 2 aromatic rings. The van der Waals surface area contributed by atoms with Gasteiger partial charge in [0.2, 0.25) is 0 Å². The highest BCUT2D eigenvalue weighted by atomic mass is 16.2. The Kier molecular flexibility index (Phi) is 5.66. The molecule has 29 heavy (non-hydrogen) atoms. The highest BCUT2D eigenvalue weighted by molar-refractivity contribution is 5.32. The summed E-state index contributed by atoms with van der Waals surface area (Å²) in [5.74, 6) is 0.445. The van der Waals surface area contributed by atoms with Gasteiger partial charge in [0.15, 0.2) is 0 Å². The molecule has 0 amide bonds. The largest absolute Gasteiger partial charge is 0.370 e. The van der Waals surface area contributed by atoms with Crippen LogP contribution in [0.25, 0.3) is 0 Å². The fourth-order valence-electron chi connectivity index (χ4n) is 4.29. The Morgan fingerprint density at radius 3 is 2.79 bits per heavy atom. The fourth-order valence-corrected chi connectivity index (χ4v) is 4.29. The first-order valence-corrected chi connectivity index (χ1v) is 10.4. The molecular formula is C20H28N6O3. The van der Waals surface area contributed by atoms with E-state index in [2.05, 4.69) is 20.3 Å². The number of fused-ring (bicyclic) bond motifs is 1. The number of piperidine rings is 1. The van der Waals surface area contributed by atoms with Crippen molar-refractivity contribution in [3.05, 3.63) is 54.6 Å². The van der Waals surface area contributed by atoms with E-state index < -0.39 is 5.69 Å². The Morgan fingerprint density at radius 1 is 1.10 bits per heavy atom. The van der Waals surface area contributed by atoms with E-state index in [-0.39, 0.29) is 17.2 Å². The van der Waals surface area contributed by atoms with Crippen LogP contribution < -0.4 is 22.1 Å². The summed E-state index contributed by atoms with van der Waals surface area (Å²) in [6.07, 6.45) is 6.31. The number of likely N-dealkylation sites (tertiary alicyclic amines) is 1. The molecule has 4 rings (SSSR count). The van der Waals surface area contributed by atoms with E-state index in [1.54, 1.807) is 10.7 Å². The first-order chi connectivity index (χ1) is 14.0. The molecule has 1 aliphatic heterocycles. The minimum Gasteiger partial charge on any atom is -0.370 e. The lowest BCUT2D eigenvalue weighted by Crippen LogP contribution is -2.46. The van der Waals surface area contributed by atoms with Crippen LogP contribution in [-0.4, -0.2) is 49.9 Å². The molecule has 0 bridgehead atoms. The minimum atomic E-state index is -0.428. The SMILES string of the molecule is Cn1c(=O)cc(NCC2CCCCN2CCn2nc3c(cc2=O)CCC3)[nH]c1=O. The lowest BCUT2D eigenvalue weighted by molar-refractivity contribution is 0.148. The number of nitrogens with zero attached hydrogens (tertiary/aromatic N) is 4. The summed E-state index contributed by atoms with van der Waals surface area (Å²) in [4.78, 5) is 41.0. The predicted molar refractivity (Wildman–Crippen MR) is 111 cm³/mol. The molecule has 3 heterocycles. The molecule has 9 heteroatoms. The van der Waals surface area contributed by atoms with Crippen LogP contribution in [0.5, 0.6) is 0 Å². The van der Waals surface area contributed by atoms with E-state index in [1.165, 1.54) is 13.1 Å². The van der Waals surface area contributed by atoms with Crippen molar-refractivity contribution in [2.75, 3.05) is 25.0 Å². The van der Waals surface area contributed by atoms with E-state index in [4.69, 9.17) is 0 Å². The van der Waals surface area contributed by atoms with Crippen LogP contribution in [0.15, 0.2) is 26.5 Å². The van der Waals surface area contributed by atoms with Gasteiger partial charge >= 0.3 is 5.69 Å². The third kappa shape index (κ3) is 4.34. The summed E-state index contributed by atoms with van der Waals surface area (Å²) in [7, 11) is 1.45. The van der Waals surface area contributed by atoms with Crippen LogP contribution in [0.4, 0.5) is 5.82 Å². The second kappa shape index (κ2) is 8.36. The topological polar surface area (TPSA) is 105 Å². The van der Waals surface area contributed by atoms with E-state index in [9.17, 15) is 14.4 Å². The minimum absolute atomic E-state index is 0.0185. The van der Waals surface area contributed by atoms with Gasteiger partial charge in [0.1, 0.15) is 5.82 Å². The average Bonchev–Trinajstić information content (AvgIpc) is 3.16. The summed E-state index contributed by atoms with van der Waals surface area (Å²) in [6.45, 7) is 2.94. The van der Waals surface area contributed by atoms with E-state index >= 15 is 0 Å². The lowest BCUT2D eigenvalue weighted by atomic mass is 10.0. The molecule has 2 N–H and O–H groups in total. The summed E-state index contributed by atoms with van der Waals surface area (Å²) in [5, 5.41) is 7.77. The molecule has 1 fully saturated rings. The van der Waals surface area contributed by atoms with E-state index in [0.29, 0.717) is 18.9 Å². The summed E-state index contributed by atoms with van der Waals surface area (Å²) in [5.41, 5.74) is 1.39. The zero-order chi connectivity index (χ0) is 20.4. The van der Waals surface area contributed by atoms with Gasteiger partial charge in [0, 0.05) is 38.3 Å². The van der Waals surface area contributed by atoms with Crippen molar-refractivity contribution < 1.29 is 0 Å². The molecular weight excluding hydrogens is 372 g/mol. The van der Waals surface area contributed by atoms with Crippen LogP contribution in [-0.2, 0) is 26.4 Å². The monoisotopic (exact) mass is 400 g/mol. The number of hydrogen-bond donors (Lipinski definition) is 2. The van der Waals surface area contributed by atoms with Gasteiger partial charge in [-0.1, -0.05) is 6.42 Å². The van der Waals surface area contributed by atoms with Gasteiger partial charge in [-0.25, -0.2) is 9.48 Å². The third-order valence-corrected chi connectivity index (χ3v) is 6.04. The normalized spacial score (nSPS) is 19.3. The molecule has 156 valence electrons. The van der Waals surface area contributed by atoms with E-state index in [0.717, 1.165) is 67.4 Å². The second-order valence-electron chi connectivity index (χ2n) is 7.98. The van der Waals surface area contributed by atoms with Gasteiger partial charge in [0.05, 0.1) is 12.2 Å². The van der Waals surface area contributed by atoms with Crippen LogP contribution in [0, 0.1) is 0 Å². The van der Waals surface area contributed by atoms with Crippen molar-refractivity contribution in [3.8, 4) is 0 Å². The Labute approximate surface area is 168 Å². The Balaban J connectivity index is 1.40. The number of H-pyrrole nitrogens is 1. The maximum Gasteiger partial charge on any atom is 0.329 e. The molecule has 1 aliphatic carbocycles. The number of nitrogens with one attached hydrogen (secondary N) is 2. The van der Waals surface area contributed by atoms with Crippen LogP contribution in [0.2, 0.25) is 0 Å². The van der Waals surface area contributed by atoms with Crippen molar-refractivity contribution in [2.24, 2.45) is 7.05 Å².